The first-order valence-electron chi connectivity index (χ1n) is 8.51. The minimum Gasteiger partial charge on any atom is -0.410 e. The van der Waals surface area contributed by atoms with E-state index in [9.17, 15) is 4.79 Å². The van der Waals surface area contributed by atoms with Gasteiger partial charge in [-0.3, -0.25) is 4.79 Å². The van der Waals surface area contributed by atoms with Crippen LogP contribution >= 0.6 is 23.1 Å². The second-order valence-corrected chi connectivity index (χ2v) is 8.30. The van der Waals surface area contributed by atoms with E-state index in [0.29, 0.717) is 11.1 Å². The standard InChI is InChI=1S/C18H22N4O2S2/c1-6-7-22-10(2)8-14(12(22)4)15(23)9-25-18-21-20-17(24-18)16-11(3)19-13(5)26-16/h8H,6-7,9H2,1-5H3. The van der Waals surface area contributed by atoms with Gasteiger partial charge in [-0.1, -0.05) is 18.7 Å². The number of hydrogen-bond acceptors (Lipinski definition) is 7. The van der Waals surface area contributed by atoms with Crippen molar-refractivity contribution in [1.29, 1.82) is 0 Å². The summed E-state index contributed by atoms with van der Waals surface area (Å²) in [6, 6.07) is 1.97. The smallest absolute Gasteiger partial charge is 0.277 e. The number of thioether (sulfide) groups is 1. The van der Waals surface area contributed by atoms with Crippen LogP contribution in [0.15, 0.2) is 15.7 Å². The highest BCUT2D eigenvalue weighted by molar-refractivity contribution is 7.99. The summed E-state index contributed by atoms with van der Waals surface area (Å²) in [5.74, 6) is 0.817. The monoisotopic (exact) mass is 390 g/mol. The summed E-state index contributed by atoms with van der Waals surface area (Å²) in [4.78, 5) is 17.9. The van der Waals surface area contributed by atoms with Gasteiger partial charge >= 0.3 is 0 Å². The summed E-state index contributed by atoms with van der Waals surface area (Å²) >= 11 is 2.80. The van der Waals surface area contributed by atoms with Gasteiger partial charge in [0.1, 0.15) is 4.88 Å². The number of aromatic nitrogens is 4. The van der Waals surface area contributed by atoms with Crippen LogP contribution in [0.5, 0.6) is 0 Å². The Morgan fingerprint density at radius 2 is 2.04 bits per heavy atom. The zero-order chi connectivity index (χ0) is 18.8. The number of ketones is 1. The maximum absolute atomic E-state index is 12.6. The molecule has 0 saturated heterocycles. The Bertz CT molecular complexity index is 939. The Labute approximate surface area is 161 Å². The second-order valence-electron chi connectivity index (χ2n) is 6.17. The van der Waals surface area contributed by atoms with Crippen molar-refractivity contribution < 1.29 is 9.21 Å². The van der Waals surface area contributed by atoms with E-state index in [1.807, 2.05) is 33.8 Å². The van der Waals surface area contributed by atoms with Gasteiger partial charge < -0.3 is 8.98 Å². The third-order valence-corrected chi connectivity index (χ3v) is 6.03. The fraction of sp³-hybridized carbons (Fsp3) is 0.444. The maximum Gasteiger partial charge on any atom is 0.277 e. The van der Waals surface area contributed by atoms with Crippen LogP contribution in [0, 0.1) is 27.7 Å². The molecule has 3 aromatic heterocycles. The molecule has 0 radical (unpaired) electrons. The van der Waals surface area contributed by atoms with Crippen molar-refractivity contribution in [1.82, 2.24) is 19.7 Å². The quantitative estimate of drug-likeness (QED) is 0.433. The largest absolute Gasteiger partial charge is 0.410 e. The van der Waals surface area contributed by atoms with E-state index in [-0.39, 0.29) is 11.5 Å². The van der Waals surface area contributed by atoms with Crippen LogP contribution in [-0.4, -0.2) is 31.3 Å². The summed E-state index contributed by atoms with van der Waals surface area (Å²) in [7, 11) is 0. The number of rotatable bonds is 7. The molecule has 3 rings (SSSR count). The molecule has 8 heteroatoms. The number of carbonyl (C=O) groups excluding carboxylic acids is 1. The molecule has 0 spiro atoms. The Hall–Kier alpha value is -1.93. The summed E-state index contributed by atoms with van der Waals surface area (Å²) < 4.78 is 7.89. The van der Waals surface area contributed by atoms with Gasteiger partial charge in [0.25, 0.3) is 11.1 Å². The minimum absolute atomic E-state index is 0.0787. The molecule has 0 amide bonds. The number of hydrogen-bond donors (Lipinski definition) is 0. The summed E-state index contributed by atoms with van der Waals surface area (Å²) in [5, 5.41) is 9.50. The predicted molar refractivity (Wildman–Crippen MR) is 104 cm³/mol. The summed E-state index contributed by atoms with van der Waals surface area (Å²) in [5.41, 5.74) is 3.80. The number of thiazole rings is 1. The molecule has 0 atom stereocenters. The third-order valence-electron chi connectivity index (χ3n) is 4.15. The summed E-state index contributed by atoms with van der Waals surface area (Å²) in [6.07, 6.45) is 1.04. The molecule has 0 N–H and O–H groups in total. The van der Waals surface area contributed by atoms with Crippen molar-refractivity contribution in [2.45, 2.75) is 52.8 Å². The van der Waals surface area contributed by atoms with E-state index in [1.54, 1.807) is 0 Å². The van der Waals surface area contributed by atoms with Crippen LogP contribution in [0.1, 0.15) is 45.8 Å². The highest BCUT2D eigenvalue weighted by Crippen LogP contribution is 2.30. The van der Waals surface area contributed by atoms with Crippen molar-refractivity contribution in [3.8, 4) is 10.8 Å². The molecule has 0 aliphatic carbocycles. The molecule has 26 heavy (non-hydrogen) atoms. The van der Waals surface area contributed by atoms with Crippen molar-refractivity contribution in [3.63, 3.8) is 0 Å². The fourth-order valence-electron chi connectivity index (χ4n) is 2.95. The van der Waals surface area contributed by atoms with Crippen LogP contribution in [0.25, 0.3) is 10.8 Å². The maximum atomic E-state index is 12.6. The van der Waals surface area contributed by atoms with Crippen LogP contribution < -0.4 is 0 Å². The number of nitrogens with zero attached hydrogens (tertiary/aromatic N) is 4. The van der Waals surface area contributed by atoms with Gasteiger partial charge in [0.05, 0.1) is 16.5 Å². The van der Waals surface area contributed by atoms with Gasteiger partial charge in [-0.2, -0.15) is 0 Å². The fourth-order valence-corrected chi connectivity index (χ4v) is 4.43. The lowest BCUT2D eigenvalue weighted by Gasteiger charge is -2.07. The second kappa shape index (κ2) is 7.75. The predicted octanol–water partition coefficient (Wildman–Crippen LogP) is 4.61. The van der Waals surface area contributed by atoms with Crippen molar-refractivity contribution >= 4 is 28.9 Å². The van der Waals surface area contributed by atoms with Gasteiger partial charge in [0.2, 0.25) is 0 Å². The van der Waals surface area contributed by atoms with Gasteiger partial charge in [-0.15, -0.1) is 21.5 Å². The SMILES string of the molecule is CCCn1c(C)cc(C(=O)CSc2nnc(-c3sc(C)nc3C)o2)c1C. The van der Waals surface area contributed by atoms with E-state index in [4.69, 9.17) is 4.42 Å². The Morgan fingerprint density at radius 1 is 1.27 bits per heavy atom. The number of aryl methyl sites for hydroxylation is 3. The molecule has 0 aliphatic heterocycles. The molecule has 3 heterocycles. The molecule has 0 aliphatic rings. The zero-order valence-electron chi connectivity index (χ0n) is 15.6. The topological polar surface area (TPSA) is 73.8 Å². The first-order valence-corrected chi connectivity index (χ1v) is 10.3. The minimum atomic E-state index is 0.0787. The normalized spacial score (nSPS) is 11.3. The van der Waals surface area contributed by atoms with Gasteiger partial charge in [0.15, 0.2) is 5.78 Å². The number of carbonyl (C=O) groups is 1. The van der Waals surface area contributed by atoms with E-state index < -0.39 is 0 Å². The van der Waals surface area contributed by atoms with E-state index >= 15 is 0 Å². The molecule has 6 nitrogen and oxygen atoms in total. The Morgan fingerprint density at radius 3 is 2.69 bits per heavy atom. The Balaban J connectivity index is 1.69. The zero-order valence-corrected chi connectivity index (χ0v) is 17.3. The van der Waals surface area contributed by atoms with Crippen LogP contribution in [0.2, 0.25) is 0 Å². The van der Waals surface area contributed by atoms with Gasteiger partial charge in [-0.25, -0.2) is 4.98 Å². The molecule has 0 unspecified atom stereocenters. The third kappa shape index (κ3) is 3.76. The highest BCUT2D eigenvalue weighted by Gasteiger charge is 2.19. The summed E-state index contributed by atoms with van der Waals surface area (Å²) in [6.45, 7) is 11.0. The molecule has 0 aromatic carbocycles. The van der Waals surface area contributed by atoms with E-state index in [0.717, 1.165) is 45.5 Å². The first-order chi connectivity index (χ1) is 12.4. The molecular formula is C18H22N4O2S2. The lowest BCUT2D eigenvalue weighted by Crippen LogP contribution is -2.06. The average Bonchev–Trinajstić information content (AvgIpc) is 3.26. The van der Waals surface area contributed by atoms with Gasteiger partial charge in [-0.05, 0) is 40.2 Å². The van der Waals surface area contributed by atoms with Crippen LogP contribution in [-0.2, 0) is 6.54 Å². The lowest BCUT2D eigenvalue weighted by atomic mass is 10.2. The molecule has 138 valence electrons. The van der Waals surface area contributed by atoms with Crippen molar-refractivity contribution in [2.24, 2.45) is 0 Å². The molecule has 3 aromatic rings. The van der Waals surface area contributed by atoms with Crippen molar-refractivity contribution in [3.05, 3.63) is 33.7 Å². The lowest BCUT2D eigenvalue weighted by molar-refractivity contribution is 0.102. The highest BCUT2D eigenvalue weighted by atomic mass is 32.2. The molecule has 0 saturated carbocycles. The van der Waals surface area contributed by atoms with E-state index in [1.165, 1.54) is 23.1 Å². The Kier molecular flexibility index (Phi) is 5.62. The molecule has 0 bridgehead atoms. The van der Waals surface area contributed by atoms with Crippen molar-refractivity contribution in [2.75, 3.05) is 5.75 Å². The van der Waals surface area contributed by atoms with Gasteiger partial charge in [0, 0.05) is 23.5 Å². The van der Waals surface area contributed by atoms with E-state index in [2.05, 4.69) is 26.7 Å². The van der Waals surface area contributed by atoms with Crippen LogP contribution in [0.4, 0.5) is 0 Å². The molecular weight excluding hydrogens is 368 g/mol. The number of Topliss-reactive ketones (excluding diaryl/α,β-unsaturated/α-hetero) is 1. The van der Waals surface area contributed by atoms with Crippen LogP contribution in [0.3, 0.4) is 0 Å². The molecule has 0 fully saturated rings. The first kappa shape index (κ1) is 18.8. The average molecular weight is 391 g/mol.